The van der Waals surface area contributed by atoms with Gasteiger partial charge in [0.1, 0.15) is 0 Å². The van der Waals surface area contributed by atoms with E-state index in [0.29, 0.717) is 11.5 Å². The molecule has 0 saturated carbocycles. The third kappa shape index (κ3) is 2.90. The van der Waals surface area contributed by atoms with Crippen molar-refractivity contribution < 1.29 is 9.21 Å². The van der Waals surface area contributed by atoms with E-state index in [0.717, 1.165) is 38.4 Å². The highest BCUT2D eigenvalue weighted by Gasteiger charge is 2.26. The molecule has 1 saturated heterocycles. The number of nitrogens with one attached hydrogen (secondary N) is 1. The number of nitrogens with zero attached hydrogens (tertiary/aromatic N) is 2. The van der Waals surface area contributed by atoms with Gasteiger partial charge in [0.25, 0.3) is 5.91 Å². The molecule has 0 radical (unpaired) electrons. The first kappa shape index (κ1) is 13.1. The Bertz CT molecular complexity index is 395. The lowest BCUT2D eigenvalue weighted by molar-refractivity contribution is 0.0654. The summed E-state index contributed by atoms with van der Waals surface area (Å²) in [5.41, 5.74) is 0.678. The first-order valence-corrected chi connectivity index (χ1v) is 6.56. The molecule has 18 heavy (non-hydrogen) atoms. The zero-order chi connectivity index (χ0) is 13.0. The van der Waals surface area contributed by atoms with Gasteiger partial charge in [0, 0.05) is 13.1 Å². The molecule has 5 heteroatoms. The van der Waals surface area contributed by atoms with Crippen molar-refractivity contribution in [3.63, 3.8) is 0 Å². The molecule has 1 N–H and O–H groups in total. The number of aryl methyl sites for hydroxylation is 1. The average Bonchev–Trinajstić information content (AvgIpc) is 2.82. The maximum absolute atomic E-state index is 12.2. The molecule has 2 rings (SSSR count). The Kier molecular flexibility index (Phi) is 4.36. The highest BCUT2D eigenvalue weighted by atomic mass is 16.3. The normalized spacial score (nSPS) is 17.1. The average molecular weight is 251 g/mol. The van der Waals surface area contributed by atoms with Gasteiger partial charge in [-0.2, -0.15) is 0 Å². The summed E-state index contributed by atoms with van der Waals surface area (Å²) in [6.45, 7) is 4.51. The highest BCUT2D eigenvalue weighted by molar-refractivity contribution is 5.92. The van der Waals surface area contributed by atoms with Crippen molar-refractivity contribution >= 4 is 5.91 Å². The van der Waals surface area contributed by atoms with Crippen LogP contribution in [0.4, 0.5) is 0 Å². The summed E-state index contributed by atoms with van der Waals surface area (Å²) in [6.07, 6.45) is 4.70. The lowest BCUT2D eigenvalue weighted by Gasteiger charge is -2.31. The van der Waals surface area contributed by atoms with Crippen molar-refractivity contribution in [3.05, 3.63) is 17.8 Å². The maximum Gasteiger partial charge on any atom is 0.291 e. The molecule has 100 valence electrons. The fourth-order valence-corrected chi connectivity index (χ4v) is 2.42. The number of piperidine rings is 1. The van der Waals surface area contributed by atoms with Gasteiger partial charge < -0.3 is 14.6 Å². The lowest BCUT2D eigenvalue weighted by atomic mass is 9.93. The number of carbonyl (C=O) groups excluding carboxylic acids is 1. The Balaban J connectivity index is 1.86. The smallest absolute Gasteiger partial charge is 0.291 e. The minimum atomic E-state index is -0.0166. The number of rotatable bonds is 4. The number of likely N-dealkylation sites (tertiary alicyclic amines) is 1. The van der Waals surface area contributed by atoms with E-state index in [1.165, 1.54) is 12.8 Å². The first-order valence-electron chi connectivity index (χ1n) is 6.56. The zero-order valence-corrected chi connectivity index (χ0v) is 11.1. The molecule has 1 aromatic heterocycles. The fourth-order valence-electron chi connectivity index (χ4n) is 2.42. The van der Waals surface area contributed by atoms with E-state index < -0.39 is 0 Å². The van der Waals surface area contributed by atoms with E-state index in [-0.39, 0.29) is 5.91 Å². The summed E-state index contributed by atoms with van der Waals surface area (Å²) in [5, 5.41) is 3.18. The number of amides is 1. The van der Waals surface area contributed by atoms with Crippen molar-refractivity contribution in [2.45, 2.75) is 26.2 Å². The zero-order valence-electron chi connectivity index (χ0n) is 11.1. The summed E-state index contributed by atoms with van der Waals surface area (Å²) in [4.78, 5) is 18.0. The van der Waals surface area contributed by atoms with E-state index in [1.807, 2.05) is 11.9 Å². The van der Waals surface area contributed by atoms with Crippen LogP contribution in [-0.2, 0) is 0 Å². The second-order valence-corrected chi connectivity index (χ2v) is 4.89. The molecule has 2 heterocycles. The third-order valence-electron chi connectivity index (χ3n) is 3.64. The number of hydrogen-bond donors (Lipinski definition) is 1. The second-order valence-electron chi connectivity index (χ2n) is 4.89. The lowest BCUT2D eigenvalue weighted by Crippen LogP contribution is -2.39. The molecule has 0 aliphatic carbocycles. The molecule has 1 aromatic rings. The highest BCUT2D eigenvalue weighted by Crippen LogP contribution is 2.22. The molecule has 0 unspecified atom stereocenters. The summed E-state index contributed by atoms with van der Waals surface area (Å²) in [6, 6.07) is 0. The Hall–Kier alpha value is -1.36. The van der Waals surface area contributed by atoms with Gasteiger partial charge in [-0.05, 0) is 45.7 Å². The van der Waals surface area contributed by atoms with Gasteiger partial charge >= 0.3 is 0 Å². The fraction of sp³-hybridized carbons (Fsp3) is 0.692. The van der Waals surface area contributed by atoms with E-state index in [4.69, 9.17) is 4.42 Å². The van der Waals surface area contributed by atoms with Crippen LogP contribution < -0.4 is 5.32 Å². The maximum atomic E-state index is 12.2. The Morgan fingerprint density at radius 3 is 2.83 bits per heavy atom. The van der Waals surface area contributed by atoms with Crippen molar-refractivity contribution in [2.75, 3.05) is 26.7 Å². The van der Waals surface area contributed by atoms with Gasteiger partial charge in [-0.25, -0.2) is 4.98 Å². The van der Waals surface area contributed by atoms with Gasteiger partial charge in [-0.3, -0.25) is 4.79 Å². The van der Waals surface area contributed by atoms with Crippen LogP contribution in [-0.4, -0.2) is 42.5 Å². The predicted molar refractivity (Wildman–Crippen MR) is 68.4 cm³/mol. The SMILES string of the molecule is CNCCC1CCN(C(=O)c2ocnc2C)CC1. The van der Waals surface area contributed by atoms with Gasteiger partial charge in [-0.1, -0.05) is 0 Å². The third-order valence-corrected chi connectivity index (χ3v) is 3.64. The van der Waals surface area contributed by atoms with Gasteiger partial charge in [-0.15, -0.1) is 0 Å². The summed E-state index contributed by atoms with van der Waals surface area (Å²) in [5.74, 6) is 1.11. The van der Waals surface area contributed by atoms with Crippen LogP contribution in [0.2, 0.25) is 0 Å². The summed E-state index contributed by atoms with van der Waals surface area (Å²) >= 11 is 0. The minimum absolute atomic E-state index is 0.0166. The molecule has 5 nitrogen and oxygen atoms in total. The van der Waals surface area contributed by atoms with Gasteiger partial charge in [0.15, 0.2) is 6.39 Å². The first-order chi connectivity index (χ1) is 8.72. The molecule has 1 aliphatic rings. The second kappa shape index (κ2) is 6.00. The van der Waals surface area contributed by atoms with Crippen molar-refractivity contribution in [2.24, 2.45) is 5.92 Å². The van der Waals surface area contributed by atoms with Crippen LogP contribution in [0.1, 0.15) is 35.5 Å². The van der Waals surface area contributed by atoms with Crippen LogP contribution >= 0.6 is 0 Å². The van der Waals surface area contributed by atoms with Crippen molar-refractivity contribution in [1.29, 1.82) is 0 Å². The molecule has 0 spiro atoms. The van der Waals surface area contributed by atoms with Crippen LogP contribution in [0.3, 0.4) is 0 Å². The molecule has 1 fully saturated rings. The van der Waals surface area contributed by atoms with Crippen molar-refractivity contribution in [1.82, 2.24) is 15.2 Å². The van der Waals surface area contributed by atoms with Crippen LogP contribution in [0, 0.1) is 12.8 Å². The van der Waals surface area contributed by atoms with Gasteiger partial charge in [0.05, 0.1) is 5.69 Å². The topological polar surface area (TPSA) is 58.4 Å². The minimum Gasteiger partial charge on any atom is -0.438 e. The molecule has 1 amide bonds. The molecule has 0 atom stereocenters. The van der Waals surface area contributed by atoms with Crippen LogP contribution in [0.25, 0.3) is 0 Å². The standard InChI is InChI=1S/C13H21N3O2/c1-10-12(18-9-15-10)13(17)16-7-4-11(5-8-16)3-6-14-2/h9,11,14H,3-8H2,1-2H3. The molecule has 0 aromatic carbocycles. The van der Waals surface area contributed by atoms with Crippen LogP contribution in [0.5, 0.6) is 0 Å². The van der Waals surface area contributed by atoms with Gasteiger partial charge in [0.2, 0.25) is 5.76 Å². The predicted octanol–water partition coefficient (Wildman–Crippen LogP) is 1.44. The Morgan fingerprint density at radius 2 is 2.28 bits per heavy atom. The Labute approximate surface area is 108 Å². The largest absolute Gasteiger partial charge is 0.438 e. The molecular weight excluding hydrogens is 230 g/mol. The van der Waals surface area contributed by atoms with E-state index in [9.17, 15) is 4.79 Å². The Morgan fingerprint density at radius 1 is 1.56 bits per heavy atom. The molecule has 1 aliphatic heterocycles. The van der Waals surface area contributed by atoms with E-state index in [1.54, 1.807) is 6.92 Å². The summed E-state index contributed by atoms with van der Waals surface area (Å²) in [7, 11) is 1.98. The number of carbonyl (C=O) groups is 1. The molecular formula is C13H21N3O2. The summed E-state index contributed by atoms with van der Waals surface area (Å²) < 4.78 is 5.16. The number of oxazole rings is 1. The van der Waals surface area contributed by atoms with E-state index >= 15 is 0 Å². The van der Waals surface area contributed by atoms with Crippen LogP contribution in [0.15, 0.2) is 10.8 Å². The van der Waals surface area contributed by atoms with E-state index in [2.05, 4.69) is 10.3 Å². The number of hydrogen-bond acceptors (Lipinski definition) is 4. The monoisotopic (exact) mass is 251 g/mol. The quantitative estimate of drug-likeness (QED) is 0.880. The van der Waals surface area contributed by atoms with Crippen molar-refractivity contribution in [3.8, 4) is 0 Å². The number of aromatic nitrogens is 1. The molecule has 0 bridgehead atoms.